The first-order valence-electron chi connectivity index (χ1n) is 9.75. The Morgan fingerprint density at radius 1 is 0.909 bits per heavy atom. The molecule has 4 rings (SSSR count). The van der Waals surface area contributed by atoms with E-state index in [0.717, 1.165) is 6.07 Å². The summed E-state index contributed by atoms with van der Waals surface area (Å²) < 4.78 is 45.4. The van der Waals surface area contributed by atoms with Crippen LogP contribution < -0.4 is 0 Å². The van der Waals surface area contributed by atoms with Gasteiger partial charge in [-0.05, 0) is 65.1 Å². The number of hydrogen-bond donors (Lipinski definition) is 0. The molecule has 0 saturated carbocycles. The molecule has 0 aromatic heterocycles. The number of allylic oxidation sites excluding steroid dienone is 1. The van der Waals surface area contributed by atoms with E-state index >= 15 is 0 Å². The lowest BCUT2D eigenvalue weighted by Crippen LogP contribution is -2.12. The smallest absolute Gasteiger partial charge is 0.417 e. The zero-order chi connectivity index (χ0) is 23.9. The number of ketones is 1. The first-order valence-corrected chi connectivity index (χ1v) is 10.5. The van der Waals surface area contributed by atoms with Crippen LogP contribution in [0, 0.1) is 6.92 Å². The highest BCUT2D eigenvalue weighted by Crippen LogP contribution is 2.39. The number of Topliss-reactive ketones (excluding diaryl/α,β-unsaturated/α-hetero) is 1. The highest BCUT2D eigenvalue weighted by molar-refractivity contribution is 6.35. The number of carbonyl (C=O) groups excluding carboxylic acids is 2. The average Bonchev–Trinajstić information content (AvgIpc) is 2.99. The van der Waals surface area contributed by atoms with Crippen LogP contribution in [-0.4, -0.2) is 11.8 Å². The molecule has 8 heteroatoms. The first-order chi connectivity index (χ1) is 15.5. The van der Waals surface area contributed by atoms with Crippen molar-refractivity contribution in [3.05, 3.63) is 98.7 Å². The summed E-state index contributed by atoms with van der Waals surface area (Å²) in [5, 5.41) is 0.557. The molecule has 3 nitrogen and oxygen atoms in total. The van der Waals surface area contributed by atoms with E-state index in [0.29, 0.717) is 22.3 Å². The summed E-state index contributed by atoms with van der Waals surface area (Å²) in [6.07, 6.45) is -3.11. The second kappa shape index (κ2) is 8.69. The van der Waals surface area contributed by atoms with Gasteiger partial charge in [-0.15, -0.1) is 0 Å². The van der Waals surface area contributed by atoms with Crippen LogP contribution in [0.15, 0.2) is 66.4 Å². The minimum Gasteiger partial charge on any atom is -0.422 e. The number of rotatable bonds is 3. The van der Waals surface area contributed by atoms with Gasteiger partial charge in [-0.25, -0.2) is 0 Å². The van der Waals surface area contributed by atoms with E-state index in [1.165, 1.54) is 36.4 Å². The van der Waals surface area contributed by atoms with E-state index < -0.39 is 29.4 Å². The van der Waals surface area contributed by atoms with Gasteiger partial charge in [0.25, 0.3) is 0 Å². The third-order valence-corrected chi connectivity index (χ3v) is 5.68. The number of cyclic esters (lactones) is 1. The van der Waals surface area contributed by atoms with Crippen molar-refractivity contribution in [3.63, 3.8) is 0 Å². The van der Waals surface area contributed by atoms with Gasteiger partial charge < -0.3 is 4.74 Å². The highest BCUT2D eigenvalue weighted by Gasteiger charge is 2.41. The van der Waals surface area contributed by atoms with Gasteiger partial charge in [0.2, 0.25) is 5.78 Å². The molecular formula is C25H15Cl2F3O3. The fourth-order valence-corrected chi connectivity index (χ4v) is 4.34. The minimum absolute atomic E-state index is 0.0583. The Morgan fingerprint density at radius 3 is 2.21 bits per heavy atom. The monoisotopic (exact) mass is 490 g/mol. The van der Waals surface area contributed by atoms with Crippen LogP contribution in [0.4, 0.5) is 13.2 Å². The minimum atomic E-state index is -4.49. The van der Waals surface area contributed by atoms with Crippen molar-refractivity contribution >= 4 is 41.0 Å². The summed E-state index contributed by atoms with van der Waals surface area (Å²) in [4.78, 5) is 25.2. The summed E-state index contributed by atoms with van der Waals surface area (Å²) in [6.45, 7) is 1.67. The Kier molecular flexibility index (Phi) is 6.08. The average molecular weight is 491 g/mol. The summed E-state index contributed by atoms with van der Waals surface area (Å²) in [7, 11) is 0. The van der Waals surface area contributed by atoms with Crippen LogP contribution in [0.3, 0.4) is 0 Å². The van der Waals surface area contributed by atoms with Gasteiger partial charge in [0.15, 0.2) is 5.76 Å². The van der Waals surface area contributed by atoms with E-state index in [1.807, 2.05) is 0 Å². The second-order valence-corrected chi connectivity index (χ2v) is 8.42. The van der Waals surface area contributed by atoms with E-state index in [1.54, 1.807) is 31.2 Å². The van der Waals surface area contributed by atoms with Crippen LogP contribution in [0.1, 0.15) is 28.2 Å². The molecule has 33 heavy (non-hydrogen) atoms. The number of benzene rings is 3. The van der Waals surface area contributed by atoms with Crippen molar-refractivity contribution in [3.8, 4) is 11.1 Å². The SMILES string of the molecule is Cc1cc(C=C2OC(=O)C(c3cc(Cl)cc(Cl)c3)C2=O)ccc1-c1ccccc1C(F)(F)F. The molecule has 0 radical (unpaired) electrons. The van der Waals surface area contributed by atoms with Crippen molar-refractivity contribution < 1.29 is 27.5 Å². The zero-order valence-electron chi connectivity index (χ0n) is 17.0. The molecule has 1 saturated heterocycles. The molecule has 0 aliphatic carbocycles. The molecule has 3 aromatic rings. The van der Waals surface area contributed by atoms with E-state index in [-0.39, 0.29) is 21.4 Å². The summed E-state index contributed by atoms with van der Waals surface area (Å²) >= 11 is 12.0. The van der Waals surface area contributed by atoms with Crippen molar-refractivity contribution in [2.24, 2.45) is 0 Å². The Bertz CT molecular complexity index is 1290. The molecule has 1 atom stereocenters. The van der Waals surface area contributed by atoms with Gasteiger partial charge in [-0.1, -0.05) is 59.6 Å². The van der Waals surface area contributed by atoms with Crippen LogP contribution in [0.5, 0.6) is 0 Å². The number of alkyl halides is 3. The number of halogens is 5. The fourth-order valence-electron chi connectivity index (χ4n) is 3.79. The second-order valence-electron chi connectivity index (χ2n) is 7.55. The first kappa shape index (κ1) is 23.1. The molecule has 1 fully saturated rings. The number of hydrogen-bond acceptors (Lipinski definition) is 3. The van der Waals surface area contributed by atoms with E-state index in [2.05, 4.69) is 0 Å². The molecule has 1 aliphatic rings. The molecule has 168 valence electrons. The van der Waals surface area contributed by atoms with Crippen molar-refractivity contribution in [1.82, 2.24) is 0 Å². The maximum atomic E-state index is 13.4. The van der Waals surface area contributed by atoms with Crippen molar-refractivity contribution in [1.29, 1.82) is 0 Å². The summed E-state index contributed by atoms with van der Waals surface area (Å²) in [6, 6.07) is 14.5. The van der Waals surface area contributed by atoms with Crippen LogP contribution in [0.2, 0.25) is 10.0 Å². The Balaban J connectivity index is 1.67. The number of carbonyl (C=O) groups is 2. The van der Waals surface area contributed by atoms with Gasteiger partial charge >= 0.3 is 12.1 Å². The number of aryl methyl sites for hydroxylation is 1. The molecule has 1 aliphatic heterocycles. The van der Waals surface area contributed by atoms with Gasteiger partial charge in [0.1, 0.15) is 5.92 Å². The Hall–Kier alpha value is -3.09. The van der Waals surface area contributed by atoms with Crippen LogP contribution in [-0.2, 0) is 20.5 Å². The standard InChI is InChI=1S/C25H15Cl2F3O3/c1-13-8-14(6-7-18(13)19-4-2-3-5-20(19)25(28,29)30)9-21-23(31)22(24(32)33-21)15-10-16(26)12-17(27)11-15/h2-12,22H,1H3. The zero-order valence-corrected chi connectivity index (χ0v) is 18.6. The maximum absolute atomic E-state index is 13.4. The molecule has 3 aromatic carbocycles. The molecule has 1 heterocycles. The van der Waals surface area contributed by atoms with Gasteiger partial charge in [0.05, 0.1) is 5.56 Å². The third-order valence-electron chi connectivity index (χ3n) is 5.24. The van der Waals surface area contributed by atoms with Gasteiger partial charge in [-0.3, -0.25) is 9.59 Å². The van der Waals surface area contributed by atoms with E-state index in [4.69, 9.17) is 27.9 Å². The predicted molar refractivity (Wildman–Crippen MR) is 120 cm³/mol. The normalized spacial score (nSPS) is 17.5. The molecule has 0 N–H and O–H groups in total. The maximum Gasteiger partial charge on any atom is 0.417 e. The molecule has 0 bridgehead atoms. The number of ether oxygens (including phenoxy) is 1. The summed E-state index contributed by atoms with van der Waals surface area (Å²) in [5.41, 5.74) is 1.12. The molecule has 0 spiro atoms. The molecule has 0 amide bonds. The van der Waals surface area contributed by atoms with Crippen LogP contribution in [0.25, 0.3) is 17.2 Å². The quantitative estimate of drug-likeness (QED) is 0.221. The summed E-state index contributed by atoms with van der Waals surface area (Å²) in [5.74, 6) is -2.66. The fraction of sp³-hybridized carbons (Fsp3) is 0.120. The van der Waals surface area contributed by atoms with E-state index in [9.17, 15) is 22.8 Å². The van der Waals surface area contributed by atoms with Gasteiger partial charge in [0, 0.05) is 10.0 Å². The third kappa shape index (κ3) is 4.68. The number of esters is 1. The lowest BCUT2D eigenvalue weighted by atomic mass is 9.93. The topological polar surface area (TPSA) is 43.4 Å². The van der Waals surface area contributed by atoms with Crippen molar-refractivity contribution in [2.75, 3.05) is 0 Å². The predicted octanol–water partition coefficient (Wildman–Crippen LogP) is 7.24. The molecule has 1 unspecified atom stereocenters. The van der Waals surface area contributed by atoms with Gasteiger partial charge in [-0.2, -0.15) is 13.2 Å². The largest absolute Gasteiger partial charge is 0.422 e. The lowest BCUT2D eigenvalue weighted by molar-refractivity contribution is -0.138. The molecular weight excluding hydrogens is 476 g/mol. The Morgan fingerprint density at radius 2 is 1.58 bits per heavy atom. The Labute approximate surface area is 197 Å². The van der Waals surface area contributed by atoms with Crippen LogP contribution >= 0.6 is 23.2 Å². The van der Waals surface area contributed by atoms with Crippen molar-refractivity contribution in [2.45, 2.75) is 19.0 Å². The highest BCUT2D eigenvalue weighted by atomic mass is 35.5. The lowest BCUT2D eigenvalue weighted by Gasteiger charge is -2.15.